The quantitative estimate of drug-likeness (QED) is 0.887. The standard InChI is InChI=1S/C17H21NO3/c1-4-8-21-16-10-14(11-18-12-16)17(2,19)13-6-5-7-15(9-13)20-3/h5-7,9-12,19H,4,8H2,1-3H3. The molecule has 0 radical (unpaired) electrons. The molecule has 1 N–H and O–H groups in total. The zero-order valence-corrected chi connectivity index (χ0v) is 12.7. The van der Waals surface area contributed by atoms with E-state index in [1.807, 2.05) is 37.3 Å². The highest BCUT2D eigenvalue weighted by Crippen LogP contribution is 2.32. The van der Waals surface area contributed by atoms with Crippen LogP contribution in [-0.2, 0) is 5.60 Å². The van der Waals surface area contributed by atoms with Crippen LogP contribution in [0.1, 0.15) is 31.4 Å². The minimum atomic E-state index is -1.16. The number of ether oxygens (including phenoxy) is 2. The minimum absolute atomic E-state index is 0.631. The van der Waals surface area contributed by atoms with Gasteiger partial charge < -0.3 is 14.6 Å². The third-order valence-corrected chi connectivity index (χ3v) is 3.38. The van der Waals surface area contributed by atoms with Crippen molar-refractivity contribution >= 4 is 0 Å². The maximum atomic E-state index is 10.9. The summed E-state index contributed by atoms with van der Waals surface area (Å²) < 4.78 is 10.8. The molecule has 112 valence electrons. The topological polar surface area (TPSA) is 51.6 Å². The summed E-state index contributed by atoms with van der Waals surface area (Å²) in [5, 5.41) is 10.9. The van der Waals surface area contributed by atoms with Crippen LogP contribution in [-0.4, -0.2) is 23.8 Å². The van der Waals surface area contributed by atoms with Gasteiger partial charge in [0.2, 0.25) is 0 Å². The molecule has 1 aromatic carbocycles. The van der Waals surface area contributed by atoms with Gasteiger partial charge in [-0.2, -0.15) is 0 Å². The van der Waals surface area contributed by atoms with Crippen molar-refractivity contribution in [2.24, 2.45) is 0 Å². The van der Waals surface area contributed by atoms with E-state index in [9.17, 15) is 5.11 Å². The molecule has 0 fully saturated rings. The van der Waals surface area contributed by atoms with Gasteiger partial charge in [-0.1, -0.05) is 19.1 Å². The molecule has 1 aromatic heterocycles. The largest absolute Gasteiger partial charge is 0.497 e. The Kier molecular flexibility index (Phi) is 4.81. The first-order valence-corrected chi connectivity index (χ1v) is 7.03. The zero-order chi connectivity index (χ0) is 15.3. The van der Waals surface area contributed by atoms with E-state index >= 15 is 0 Å². The van der Waals surface area contributed by atoms with Gasteiger partial charge in [0.1, 0.15) is 17.1 Å². The first kappa shape index (κ1) is 15.3. The van der Waals surface area contributed by atoms with E-state index in [4.69, 9.17) is 9.47 Å². The molecule has 2 rings (SSSR count). The van der Waals surface area contributed by atoms with E-state index in [1.165, 1.54) is 0 Å². The number of pyridine rings is 1. The van der Waals surface area contributed by atoms with Crippen molar-refractivity contribution in [1.82, 2.24) is 4.98 Å². The number of methoxy groups -OCH3 is 1. The van der Waals surface area contributed by atoms with Crippen molar-refractivity contribution in [1.29, 1.82) is 0 Å². The highest BCUT2D eigenvalue weighted by molar-refractivity contribution is 5.40. The van der Waals surface area contributed by atoms with Crippen molar-refractivity contribution in [2.75, 3.05) is 13.7 Å². The van der Waals surface area contributed by atoms with Gasteiger partial charge in [0.05, 0.1) is 19.9 Å². The number of aliphatic hydroxyl groups is 1. The monoisotopic (exact) mass is 287 g/mol. The SMILES string of the molecule is CCCOc1cncc(C(C)(O)c2cccc(OC)c2)c1. The van der Waals surface area contributed by atoms with Crippen LogP contribution >= 0.6 is 0 Å². The molecule has 0 aliphatic carbocycles. The van der Waals surface area contributed by atoms with Crippen molar-refractivity contribution in [2.45, 2.75) is 25.9 Å². The number of hydrogen-bond donors (Lipinski definition) is 1. The fraction of sp³-hybridized carbons (Fsp3) is 0.353. The molecule has 0 bridgehead atoms. The lowest BCUT2D eigenvalue weighted by Crippen LogP contribution is -2.23. The molecule has 0 amide bonds. The summed E-state index contributed by atoms with van der Waals surface area (Å²) in [5.74, 6) is 1.37. The lowest BCUT2D eigenvalue weighted by Gasteiger charge is -2.25. The Morgan fingerprint density at radius 1 is 1.14 bits per heavy atom. The lowest BCUT2D eigenvalue weighted by atomic mass is 9.89. The van der Waals surface area contributed by atoms with E-state index in [0.717, 1.165) is 12.0 Å². The van der Waals surface area contributed by atoms with Crippen molar-refractivity contribution in [3.63, 3.8) is 0 Å². The molecule has 0 spiro atoms. The van der Waals surface area contributed by atoms with Crippen molar-refractivity contribution in [3.8, 4) is 11.5 Å². The molecule has 0 aliphatic rings. The Morgan fingerprint density at radius 2 is 1.90 bits per heavy atom. The third kappa shape index (κ3) is 3.52. The summed E-state index contributed by atoms with van der Waals surface area (Å²) in [6.45, 7) is 4.42. The highest BCUT2D eigenvalue weighted by atomic mass is 16.5. The van der Waals surface area contributed by atoms with E-state index in [0.29, 0.717) is 23.7 Å². The van der Waals surface area contributed by atoms with Crippen LogP contribution in [0.25, 0.3) is 0 Å². The number of hydrogen-bond acceptors (Lipinski definition) is 4. The molecule has 1 heterocycles. The predicted octanol–water partition coefficient (Wildman–Crippen LogP) is 3.13. The maximum Gasteiger partial charge on any atom is 0.137 e. The molecular formula is C17H21NO3. The summed E-state index contributed by atoms with van der Waals surface area (Å²) in [5.41, 5.74) is 0.272. The Hall–Kier alpha value is -2.07. The Morgan fingerprint density at radius 3 is 2.62 bits per heavy atom. The number of benzene rings is 1. The third-order valence-electron chi connectivity index (χ3n) is 3.38. The number of nitrogens with zero attached hydrogens (tertiary/aromatic N) is 1. The molecule has 2 aromatic rings. The highest BCUT2D eigenvalue weighted by Gasteiger charge is 2.27. The second-order valence-corrected chi connectivity index (χ2v) is 5.06. The molecule has 1 unspecified atom stereocenters. The van der Waals surface area contributed by atoms with Gasteiger partial charge >= 0.3 is 0 Å². The zero-order valence-electron chi connectivity index (χ0n) is 12.7. The van der Waals surface area contributed by atoms with Gasteiger partial charge in [-0.15, -0.1) is 0 Å². The fourth-order valence-electron chi connectivity index (χ4n) is 2.08. The Bertz CT molecular complexity index is 596. The summed E-state index contributed by atoms with van der Waals surface area (Å²) in [6.07, 6.45) is 4.23. The van der Waals surface area contributed by atoms with Crippen molar-refractivity contribution < 1.29 is 14.6 Å². The van der Waals surface area contributed by atoms with Crippen LogP contribution in [0.4, 0.5) is 0 Å². The molecule has 0 aliphatic heterocycles. The van der Waals surface area contributed by atoms with E-state index in [1.54, 1.807) is 26.4 Å². The minimum Gasteiger partial charge on any atom is -0.497 e. The van der Waals surface area contributed by atoms with E-state index < -0.39 is 5.60 Å². The Balaban J connectivity index is 2.33. The van der Waals surface area contributed by atoms with Gasteiger partial charge in [0, 0.05) is 11.8 Å². The van der Waals surface area contributed by atoms with Gasteiger partial charge in [-0.05, 0) is 37.1 Å². The normalized spacial score (nSPS) is 13.5. The summed E-state index contributed by atoms with van der Waals surface area (Å²) in [6, 6.07) is 9.20. The second-order valence-electron chi connectivity index (χ2n) is 5.06. The smallest absolute Gasteiger partial charge is 0.137 e. The Labute approximate surface area is 125 Å². The maximum absolute atomic E-state index is 10.9. The van der Waals surface area contributed by atoms with E-state index in [2.05, 4.69) is 4.98 Å². The van der Waals surface area contributed by atoms with Crippen molar-refractivity contribution in [3.05, 3.63) is 53.9 Å². The van der Waals surface area contributed by atoms with E-state index in [-0.39, 0.29) is 0 Å². The van der Waals surface area contributed by atoms with Gasteiger partial charge in [-0.3, -0.25) is 4.98 Å². The summed E-state index contributed by atoms with van der Waals surface area (Å²) >= 11 is 0. The van der Waals surface area contributed by atoms with Gasteiger partial charge in [-0.25, -0.2) is 0 Å². The van der Waals surface area contributed by atoms with Crippen LogP contribution in [0.3, 0.4) is 0 Å². The first-order valence-electron chi connectivity index (χ1n) is 7.03. The predicted molar refractivity (Wildman–Crippen MR) is 81.7 cm³/mol. The summed E-state index contributed by atoms with van der Waals surface area (Å²) in [7, 11) is 1.61. The number of rotatable bonds is 6. The van der Waals surface area contributed by atoms with Crippen LogP contribution in [0.15, 0.2) is 42.7 Å². The van der Waals surface area contributed by atoms with Crippen LogP contribution in [0, 0.1) is 0 Å². The molecule has 0 saturated carbocycles. The molecule has 21 heavy (non-hydrogen) atoms. The fourth-order valence-corrected chi connectivity index (χ4v) is 2.08. The lowest BCUT2D eigenvalue weighted by molar-refractivity contribution is 0.101. The molecule has 0 saturated heterocycles. The van der Waals surface area contributed by atoms with Crippen LogP contribution < -0.4 is 9.47 Å². The summed E-state index contributed by atoms with van der Waals surface area (Å²) in [4.78, 5) is 4.16. The average molecular weight is 287 g/mol. The molecule has 4 nitrogen and oxygen atoms in total. The van der Waals surface area contributed by atoms with Crippen LogP contribution in [0.2, 0.25) is 0 Å². The number of aromatic nitrogens is 1. The average Bonchev–Trinajstić information content (AvgIpc) is 2.53. The van der Waals surface area contributed by atoms with Gasteiger partial charge in [0.15, 0.2) is 0 Å². The second kappa shape index (κ2) is 6.59. The molecule has 4 heteroatoms. The van der Waals surface area contributed by atoms with Crippen LogP contribution in [0.5, 0.6) is 11.5 Å². The molecule has 1 atom stereocenters. The first-order chi connectivity index (χ1) is 10.1. The molecular weight excluding hydrogens is 266 g/mol. The van der Waals surface area contributed by atoms with Gasteiger partial charge in [0.25, 0.3) is 0 Å².